The maximum atomic E-state index is 11.7. The van der Waals surface area contributed by atoms with Crippen LogP contribution in [0.2, 0.25) is 0 Å². The van der Waals surface area contributed by atoms with Gasteiger partial charge in [-0.25, -0.2) is 4.98 Å². The first kappa shape index (κ1) is 16.7. The molecular weight excluding hydrogens is 254 g/mol. The van der Waals surface area contributed by atoms with Gasteiger partial charge in [-0.05, 0) is 21.0 Å². The molecule has 0 atom stereocenters. The lowest BCUT2D eigenvalue weighted by atomic mass is 9.97. The molecule has 1 heterocycles. The maximum absolute atomic E-state index is 11.7. The lowest BCUT2D eigenvalue weighted by Gasteiger charge is -2.12. The molecule has 0 saturated carbocycles. The van der Waals surface area contributed by atoms with Gasteiger partial charge in [0.15, 0.2) is 5.89 Å². The molecule has 0 unspecified atom stereocenters. The Balaban J connectivity index is 2.46. The van der Waals surface area contributed by atoms with Gasteiger partial charge in [0.25, 0.3) is 0 Å². The van der Waals surface area contributed by atoms with Gasteiger partial charge in [0.1, 0.15) is 5.76 Å². The number of nitrogens with zero attached hydrogens (tertiary/aromatic N) is 2. The van der Waals surface area contributed by atoms with Gasteiger partial charge in [-0.1, -0.05) is 20.8 Å². The summed E-state index contributed by atoms with van der Waals surface area (Å²) in [6, 6.07) is 0. The van der Waals surface area contributed by atoms with E-state index in [2.05, 4.69) is 31.1 Å². The number of rotatable bonds is 6. The van der Waals surface area contributed by atoms with Gasteiger partial charge in [-0.3, -0.25) is 4.79 Å². The molecule has 20 heavy (non-hydrogen) atoms. The summed E-state index contributed by atoms with van der Waals surface area (Å²) in [5.41, 5.74) is 0.785. The number of aromatic nitrogens is 1. The quantitative estimate of drug-likeness (QED) is 0.865. The van der Waals surface area contributed by atoms with Crippen molar-refractivity contribution in [2.24, 2.45) is 0 Å². The van der Waals surface area contributed by atoms with Crippen LogP contribution in [0.25, 0.3) is 0 Å². The minimum atomic E-state index is -0.100. The van der Waals surface area contributed by atoms with Crippen LogP contribution >= 0.6 is 0 Å². The van der Waals surface area contributed by atoms with E-state index in [9.17, 15) is 4.79 Å². The molecule has 1 N–H and O–H groups in total. The van der Waals surface area contributed by atoms with Crippen molar-refractivity contribution in [2.75, 3.05) is 27.2 Å². The third-order valence-electron chi connectivity index (χ3n) is 2.99. The Labute approximate surface area is 121 Å². The predicted octanol–water partition coefficient (Wildman–Crippen LogP) is 1.89. The summed E-state index contributed by atoms with van der Waals surface area (Å²) in [5, 5.41) is 2.90. The number of carbonyl (C=O) groups is 1. The first-order valence-electron chi connectivity index (χ1n) is 7.08. The molecule has 1 rings (SSSR count). The normalized spacial score (nSPS) is 11.9. The molecule has 5 nitrogen and oxygen atoms in total. The molecule has 0 saturated heterocycles. The average molecular weight is 281 g/mol. The molecule has 0 bridgehead atoms. The summed E-state index contributed by atoms with van der Waals surface area (Å²) in [4.78, 5) is 18.2. The fourth-order valence-corrected chi connectivity index (χ4v) is 1.72. The fourth-order valence-electron chi connectivity index (χ4n) is 1.72. The monoisotopic (exact) mass is 281 g/mol. The standard InChI is InChI=1S/C15H27N3O2/c1-11-12(20-14(17-11)15(2,3)4)7-8-13(19)16-9-10-18(5)6/h7-10H2,1-6H3,(H,16,19). The number of likely N-dealkylation sites (N-methyl/N-ethyl adjacent to an activating group) is 1. The lowest BCUT2D eigenvalue weighted by Crippen LogP contribution is -2.31. The molecule has 0 aliphatic rings. The second kappa shape index (κ2) is 6.88. The maximum Gasteiger partial charge on any atom is 0.220 e. The third-order valence-corrected chi connectivity index (χ3v) is 2.99. The van der Waals surface area contributed by atoms with Crippen molar-refractivity contribution in [1.82, 2.24) is 15.2 Å². The zero-order valence-corrected chi connectivity index (χ0v) is 13.5. The molecule has 0 aromatic carbocycles. The molecule has 0 radical (unpaired) electrons. The van der Waals surface area contributed by atoms with E-state index >= 15 is 0 Å². The van der Waals surface area contributed by atoms with Gasteiger partial charge >= 0.3 is 0 Å². The summed E-state index contributed by atoms with van der Waals surface area (Å²) in [7, 11) is 3.97. The summed E-state index contributed by atoms with van der Waals surface area (Å²) < 4.78 is 5.77. The number of carbonyl (C=O) groups excluding carboxylic acids is 1. The topological polar surface area (TPSA) is 58.4 Å². The van der Waals surface area contributed by atoms with Crippen molar-refractivity contribution < 1.29 is 9.21 Å². The van der Waals surface area contributed by atoms with Gasteiger partial charge in [-0.2, -0.15) is 0 Å². The van der Waals surface area contributed by atoms with Crippen LogP contribution in [-0.4, -0.2) is 43.0 Å². The highest BCUT2D eigenvalue weighted by Gasteiger charge is 2.22. The Morgan fingerprint density at radius 3 is 2.50 bits per heavy atom. The summed E-state index contributed by atoms with van der Waals surface area (Å²) in [5.74, 6) is 1.61. The fraction of sp³-hybridized carbons (Fsp3) is 0.733. The van der Waals surface area contributed by atoms with Crippen molar-refractivity contribution in [3.05, 3.63) is 17.3 Å². The third kappa shape index (κ3) is 5.33. The first-order valence-corrected chi connectivity index (χ1v) is 7.08. The van der Waals surface area contributed by atoms with Crippen molar-refractivity contribution >= 4 is 5.91 Å². The summed E-state index contributed by atoms with van der Waals surface area (Å²) in [6.07, 6.45) is 1.04. The Bertz CT molecular complexity index is 444. The minimum Gasteiger partial charge on any atom is -0.445 e. The van der Waals surface area contributed by atoms with Crippen LogP contribution in [0.4, 0.5) is 0 Å². The van der Waals surface area contributed by atoms with Crippen LogP contribution in [0.3, 0.4) is 0 Å². The van der Waals surface area contributed by atoms with Crippen LogP contribution in [0, 0.1) is 6.92 Å². The van der Waals surface area contributed by atoms with Gasteiger partial charge < -0.3 is 14.6 Å². The number of nitrogens with one attached hydrogen (secondary N) is 1. The zero-order valence-electron chi connectivity index (χ0n) is 13.5. The van der Waals surface area contributed by atoms with E-state index < -0.39 is 0 Å². The van der Waals surface area contributed by atoms with Gasteiger partial charge in [-0.15, -0.1) is 0 Å². The van der Waals surface area contributed by atoms with E-state index in [1.807, 2.05) is 25.9 Å². The van der Waals surface area contributed by atoms with Gasteiger partial charge in [0.2, 0.25) is 5.91 Å². The molecule has 1 amide bonds. The Hall–Kier alpha value is -1.36. The van der Waals surface area contributed by atoms with E-state index in [1.165, 1.54) is 0 Å². The molecule has 0 spiro atoms. The first-order chi connectivity index (χ1) is 9.20. The molecule has 0 fully saturated rings. The van der Waals surface area contributed by atoms with Crippen molar-refractivity contribution in [1.29, 1.82) is 0 Å². The highest BCUT2D eigenvalue weighted by atomic mass is 16.4. The van der Waals surface area contributed by atoms with E-state index in [-0.39, 0.29) is 11.3 Å². The number of oxazole rings is 1. The largest absolute Gasteiger partial charge is 0.445 e. The second-order valence-corrected chi connectivity index (χ2v) is 6.43. The smallest absolute Gasteiger partial charge is 0.220 e. The lowest BCUT2D eigenvalue weighted by molar-refractivity contribution is -0.121. The highest BCUT2D eigenvalue weighted by molar-refractivity contribution is 5.76. The van der Waals surface area contributed by atoms with E-state index in [4.69, 9.17) is 4.42 Å². The SMILES string of the molecule is Cc1nc(C(C)(C)C)oc1CCC(=O)NCCN(C)C. The number of amides is 1. The van der Waals surface area contributed by atoms with Crippen LogP contribution in [0.15, 0.2) is 4.42 Å². The molecule has 114 valence electrons. The molecule has 0 aliphatic carbocycles. The van der Waals surface area contributed by atoms with Crippen molar-refractivity contribution in [3.63, 3.8) is 0 Å². The van der Waals surface area contributed by atoms with Crippen LogP contribution in [-0.2, 0) is 16.6 Å². The molecule has 5 heteroatoms. The van der Waals surface area contributed by atoms with Crippen LogP contribution in [0.5, 0.6) is 0 Å². The highest BCUT2D eigenvalue weighted by Crippen LogP contribution is 2.24. The molecule has 1 aromatic rings. The summed E-state index contributed by atoms with van der Waals surface area (Å²) >= 11 is 0. The van der Waals surface area contributed by atoms with E-state index in [0.717, 1.165) is 23.9 Å². The predicted molar refractivity (Wildman–Crippen MR) is 79.8 cm³/mol. The van der Waals surface area contributed by atoms with Crippen LogP contribution < -0.4 is 5.32 Å². The Morgan fingerprint density at radius 1 is 1.35 bits per heavy atom. The van der Waals surface area contributed by atoms with E-state index in [0.29, 0.717) is 19.4 Å². The minimum absolute atomic E-state index is 0.0555. The van der Waals surface area contributed by atoms with Crippen LogP contribution in [0.1, 0.15) is 44.5 Å². The molecule has 1 aromatic heterocycles. The zero-order chi connectivity index (χ0) is 15.3. The van der Waals surface area contributed by atoms with Crippen molar-refractivity contribution in [2.45, 2.75) is 46.0 Å². The number of aryl methyl sites for hydroxylation is 2. The summed E-state index contributed by atoms with van der Waals surface area (Å²) in [6.45, 7) is 9.65. The van der Waals surface area contributed by atoms with Crippen molar-refractivity contribution in [3.8, 4) is 0 Å². The Morgan fingerprint density at radius 2 is 2.00 bits per heavy atom. The average Bonchev–Trinajstić information content (AvgIpc) is 2.67. The van der Waals surface area contributed by atoms with Gasteiger partial charge in [0, 0.05) is 31.3 Å². The molecule has 0 aliphatic heterocycles. The number of hydrogen-bond donors (Lipinski definition) is 1. The second-order valence-electron chi connectivity index (χ2n) is 6.43. The van der Waals surface area contributed by atoms with Gasteiger partial charge in [0.05, 0.1) is 5.69 Å². The Kier molecular flexibility index (Phi) is 5.74. The number of hydrogen-bond acceptors (Lipinski definition) is 4. The molecular formula is C15H27N3O2. The van der Waals surface area contributed by atoms with E-state index in [1.54, 1.807) is 0 Å².